The second-order valence-electron chi connectivity index (χ2n) is 6.23. The van der Waals surface area contributed by atoms with E-state index in [4.69, 9.17) is 23.2 Å². The van der Waals surface area contributed by atoms with Crippen molar-refractivity contribution in [3.05, 3.63) is 63.6 Å². The van der Waals surface area contributed by atoms with Crippen LogP contribution in [0.5, 0.6) is 0 Å². The van der Waals surface area contributed by atoms with Crippen LogP contribution in [0.25, 0.3) is 0 Å². The molecule has 2 unspecified atom stereocenters. The molecule has 7 heteroatoms. The van der Waals surface area contributed by atoms with E-state index in [2.05, 4.69) is 5.32 Å². The molecule has 0 aromatic heterocycles. The summed E-state index contributed by atoms with van der Waals surface area (Å²) in [5.74, 6) is -0.436. The number of aryl methyl sites for hydroxylation is 1. The van der Waals surface area contributed by atoms with Gasteiger partial charge in [0.25, 0.3) is 0 Å². The molecule has 1 N–H and O–H groups in total. The maximum atomic E-state index is 13.3. The average molecular weight is 398 g/mol. The zero-order chi connectivity index (χ0) is 18.2. The lowest BCUT2D eigenvalue weighted by atomic mass is 9.74. The molecule has 25 heavy (non-hydrogen) atoms. The van der Waals surface area contributed by atoms with Gasteiger partial charge in [0.1, 0.15) is 0 Å². The molecular weight excluding hydrogens is 381 g/mol. The van der Waals surface area contributed by atoms with Gasteiger partial charge in [0.05, 0.1) is 4.90 Å². The Kier molecular flexibility index (Phi) is 4.84. The highest BCUT2D eigenvalue weighted by Gasteiger charge is 2.58. The largest absolute Gasteiger partial charge is 0.339 e. The number of nitrogens with one attached hydrogen (secondary N) is 1. The number of rotatable bonds is 5. The normalized spacial score (nSPS) is 22.9. The predicted molar refractivity (Wildman–Crippen MR) is 98.7 cm³/mol. The van der Waals surface area contributed by atoms with E-state index in [1.807, 2.05) is 6.92 Å². The first-order valence-electron chi connectivity index (χ1n) is 7.79. The molecule has 0 spiro atoms. The van der Waals surface area contributed by atoms with Gasteiger partial charge in [-0.3, -0.25) is 4.79 Å². The third-order valence-corrected chi connectivity index (χ3v) is 7.84. The Morgan fingerprint density at radius 2 is 1.84 bits per heavy atom. The number of benzene rings is 2. The molecule has 2 aromatic carbocycles. The van der Waals surface area contributed by atoms with Gasteiger partial charge in [-0.15, -0.1) is 0 Å². The van der Waals surface area contributed by atoms with Gasteiger partial charge in [0, 0.05) is 16.0 Å². The topological polar surface area (TPSA) is 63.2 Å². The molecule has 2 aromatic rings. The number of carbonyl (C=O) groups excluding carboxylic acids is 1. The molecule has 3 rings (SSSR count). The smallest absolute Gasteiger partial charge is 0.208 e. The Balaban J connectivity index is 2.10. The summed E-state index contributed by atoms with van der Waals surface area (Å²) in [7, 11) is -3.80. The number of hydrogen-bond acceptors (Lipinski definition) is 3. The van der Waals surface area contributed by atoms with Crippen molar-refractivity contribution in [2.45, 2.75) is 35.4 Å². The van der Waals surface area contributed by atoms with Crippen LogP contribution in [0.2, 0.25) is 10.0 Å². The summed E-state index contributed by atoms with van der Waals surface area (Å²) in [6.45, 7) is 1.88. The molecule has 0 heterocycles. The minimum absolute atomic E-state index is 0.183. The first kappa shape index (κ1) is 18.2. The predicted octanol–water partition coefficient (Wildman–Crippen LogP) is 4.10. The van der Waals surface area contributed by atoms with Crippen molar-refractivity contribution < 1.29 is 13.2 Å². The van der Waals surface area contributed by atoms with Crippen LogP contribution in [0.3, 0.4) is 0 Å². The minimum atomic E-state index is -3.80. The molecule has 1 saturated carbocycles. The summed E-state index contributed by atoms with van der Waals surface area (Å²) in [5, 5.41) is 3.45. The quantitative estimate of drug-likeness (QED) is 0.772. The summed E-state index contributed by atoms with van der Waals surface area (Å²) in [5.41, 5.74) is 1.63. The molecule has 0 radical (unpaired) electrons. The third-order valence-electron chi connectivity index (χ3n) is 4.82. The van der Waals surface area contributed by atoms with Gasteiger partial charge >= 0.3 is 0 Å². The van der Waals surface area contributed by atoms with Crippen molar-refractivity contribution in [2.75, 3.05) is 0 Å². The molecule has 1 fully saturated rings. The summed E-state index contributed by atoms with van der Waals surface area (Å²) in [4.78, 5) is 10.0. The van der Waals surface area contributed by atoms with Crippen LogP contribution in [0, 0.1) is 6.92 Å². The Bertz CT molecular complexity index is 912. The van der Waals surface area contributed by atoms with Crippen molar-refractivity contribution in [2.24, 2.45) is 0 Å². The summed E-state index contributed by atoms with van der Waals surface area (Å²) in [6.07, 6.45) is 1.38. The molecule has 1 aliphatic rings. The van der Waals surface area contributed by atoms with E-state index in [-0.39, 0.29) is 4.90 Å². The molecular formula is C18H17Cl2NO3S. The molecule has 2 atom stereocenters. The Hall–Kier alpha value is -1.56. The maximum absolute atomic E-state index is 13.3. The first-order valence-corrected chi connectivity index (χ1v) is 10.0. The molecule has 132 valence electrons. The molecule has 0 bridgehead atoms. The van der Waals surface area contributed by atoms with E-state index in [9.17, 15) is 13.2 Å². The summed E-state index contributed by atoms with van der Waals surface area (Å²) >= 11 is 12.2. The highest BCUT2D eigenvalue weighted by molar-refractivity contribution is 7.93. The lowest BCUT2D eigenvalue weighted by molar-refractivity contribution is -0.111. The van der Waals surface area contributed by atoms with Gasteiger partial charge in [-0.05, 0) is 49.6 Å². The maximum Gasteiger partial charge on any atom is 0.208 e. The monoisotopic (exact) mass is 397 g/mol. The van der Waals surface area contributed by atoms with E-state index >= 15 is 0 Å². The van der Waals surface area contributed by atoms with E-state index < -0.39 is 20.6 Å². The number of sulfone groups is 1. The highest BCUT2D eigenvalue weighted by atomic mass is 35.5. The Morgan fingerprint density at radius 1 is 1.16 bits per heavy atom. The summed E-state index contributed by atoms with van der Waals surface area (Å²) in [6, 6.07) is 11.6. The Morgan fingerprint density at radius 3 is 2.36 bits per heavy atom. The van der Waals surface area contributed by atoms with Gasteiger partial charge in [-0.2, -0.15) is 0 Å². The van der Waals surface area contributed by atoms with E-state index in [1.165, 1.54) is 0 Å². The second kappa shape index (κ2) is 6.63. The van der Waals surface area contributed by atoms with Crippen molar-refractivity contribution >= 4 is 39.4 Å². The molecule has 1 amide bonds. The second-order valence-corrected chi connectivity index (χ2v) is 9.28. The number of hydrogen-bond donors (Lipinski definition) is 1. The van der Waals surface area contributed by atoms with Crippen LogP contribution in [0.4, 0.5) is 0 Å². The third kappa shape index (κ3) is 2.94. The number of carbonyl (C=O) groups is 1. The summed E-state index contributed by atoms with van der Waals surface area (Å²) < 4.78 is 26.6. The highest BCUT2D eigenvalue weighted by Crippen LogP contribution is 2.52. The first-order chi connectivity index (χ1) is 11.8. The molecule has 1 aliphatic carbocycles. The Labute approximate surface area is 157 Å². The number of amides is 1. The fourth-order valence-electron chi connectivity index (χ4n) is 3.34. The average Bonchev–Trinajstić information content (AvgIpc) is 2.54. The van der Waals surface area contributed by atoms with Crippen LogP contribution in [-0.2, 0) is 14.6 Å². The van der Waals surface area contributed by atoms with E-state index in [0.29, 0.717) is 34.9 Å². The van der Waals surface area contributed by atoms with E-state index in [1.54, 1.807) is 42.5 Å². The van der Waals surface area contributed by atoms with Gasteiger partial charge in [-0.1, -0.05) is 47.0 Å². The van der Waals surface area contributed by atoms with E-state index in [0.717, 1.165) is 5.56 Å². The minimum Gasteiger partial charge on any atom is -0.339 e. The molecule has 0 aliphatic heterocycles. The zero-order valence-corrected chi connectivity index (χ0v) is 15.8. The van der Waals surface area contributed by atoms with Crippen LogP contribution in [0.1, 0.15) is 29.9 Å². The molecule has 4 nitrogen and oxygen atoms in total. The van der Waals surface area contributed by atoms with Gasteiger partial charge in [0.15, 0.2) is 4.87 Å². The van der Waals surface area contributed by atoms with Gasteiger partial charge < -0.3 is 5.32 Å². The van der Waals surface area contributed by atoms with Crippen molar-refractivity contribution in [3.63, 3.8) is 0 Å². The fraction of sp³-hybridized carbons (Fsp3) is 0.278. The SMILES string of the molecule is Cc1ccc(S(=O)(=O)C2(NC=O)CCC2c2ccc(Cl)cc2Cl)cc1. The van der Waals surface area contributed by atoms with Crippen LogP contribution in [-0.4, -0.2) is 19.7 Å². The van der Waals surface area contributed by atoms with Crippen molar-refractivity contribution in [1.82, 2.24) is 5.32 Å². The van der Waals surface area contributed by atoms with Crippen molar-refractivity contribution in [1.29, 1.82) is 0 Å². The van der Waals surface area contributed by atoms with Gasteiger partial charge in [0.2, 0.25) is 16.2 Å². The molecule has 0 saturated heterocycles. The lowest BCUT2D eigenvalue weighted by Crippen LogP contribution is -2.61. The zero-order valence-electron chi connectivity index (χ0n) is 13.5. The fourth-order valence-corrected chi connectivity index (χ4v) is 6.01. The van der Waals surface area contributed by atoms with Crippen LogP contribution >= 0.6 is 23.2 Å². The van der Waals surface area contributed by atoms with Crippen LogP contribution in [0.15, 0.2) is 47.4 Å². The van der Waals surface area contributed by atoms with Crippen molar-refractivity contribution in [3.8, 4) is 0 Å². The standard InChI is InChI=1S/C18H17Cl2NO3S/c1-12-2-5-14(6-3-12)25(23,24)18(21-11-22)9-8-16(18)15-7-4-13(19)10-17(15)20/h2-7,10-11,16H,8-9H2,1H3,(H,21,22). The van der Waals surface area contributed by atoms with Gasteiger partial charge in [-0.25, -0.2) is 8.42 Å². The van der Waals surface area contributed by atoms with Crippen LogP contribution < -0.4 is 5.32 Å². The number of halogens is 2. The lowest BCUT2D eigenvalue weighted by Gasteiger charge is -2.48.